The lowest BCUT2D eigenvalue weighted by Gasteiger charge is -2.44. The second-order valence-corrected chi connectivity index (χ2v) is 7.67. The predicted molar refractivity (Wildman–Crippen MR) is 83.9 cm³/mol. The van der Waals surface area contributed by atoms with E-state index in [-0.39, 0.29) is 18.5 Å². The van der Waals surface area contributed by atoms with Gasteiger partial charge in [-0.1, -0.05) is 30.3 Å². The first-order valence-electron chi connectivity index (χ1n) is 7.25. The average molecular weight is 326 g/mol. The number of hydrogen-bond acceptors (Lipinski definition) is 4. The van der Waals surface area contributed by atoms with Gasteiger partial charge in [-0.3, -0.25) is 9.69 Å². The zero-order chi connectivity index (χ0) is 16.3. The molecule has 0 amide bonds. The average Bonchev–Trinajstić information content (AvgIpc) is 2.42. The van der Waals surface area contributed by atoms with Gasteiger partial charge in [0.25, 0.3) is 0 Å². The molecule has 1 aliphatic rings. The maximum absolute atomic E-state index is 11.9. The lowest BCUT2D eigenvalue weighted by atomic mass is 10.0. The van der Waals surface area contributed by atoms with Crippen molar-refractivity contribution in [2.75, 3.05) is 19.3 Å². The molecule has 2 rings (SSSR count). The molecule has 0 saturated carbocycles. The van der Waals surface area contributed by atoms with Crippen molar-refractivity contribution in [1.29, 1.82) is 0 Å². The van der Waals surface area contributed by atoms with Crippen LogP contribution in [0.15, 0.2) is 30.3 Å². The van der Waals surface area contributed by atoms with Crippen LogP contribution in [0, 0.1) is 0 Å². The highest BCUT2D eigenvalue weighted by atomic mass is 32.2. The van der Waals surface area contributed by atoms with Gasteiger partial charge in [0.15, 0.2) is 0 Å². The number of carboxylic acids is 1. The Labute approximate surface area is 131 Å². The van der Waals surface area contributed by atoms with Crippen LogP contribution in [0.3, 0.4) is 0 Å². The molecular formula is C15H22N2O4S. The minimum atomic E-state index is -3.33. The number of sulfonamides is 1. The third kappa shape index (κ3) is 4.06. The van der Waals surface area contributed by atoms with Crippen LogP contribution in [0.25, 0.3) is 0 Å². The monoisotopic (exact) mass is 326 g/mol. The molecule has 1 N–H and O–H groups in total. The zero-order valence-electron chi connectivity index (χ0n) is 12.8. The molecule has 2 unspecified atom stereocenters. The summed E-state index contributed by atoms with van der Waals surface area (Å²) < 4.78 is 25.1. The van der Waals surface area contributed by atoms with Crippen molar-refractivity contribution in [1.82, 2.24) is 9.21 Å². The van der Waals surface area contributed by atoms with Gasteiger partial charge in [-0.2, -0.15) is 4.31 Å². The maximum atomic E-state index is 11.9. The van der Waals surface area contributed by atoms with Gasteiger partial charge in [0.2, 0.25) is 10.0 Å². The fourth-order valence-corrected chi connectivity index (χ4v) is 4.21. The van der Waals surface area contributed by atoms with E-state index in [0.29, 0.717) is 19.6 Å². The first-order valence-corrected chi connectivity index (χ1v) is 9.10. The smallest absolute Gasteiger partial charge is 0.304 e. The van der Waals surface area contributed by atoms with E-state index in [1.165, 1.54) is 10.6 Å². The van der Waals surface area contributed by atoms with Crippen LogP contribution in [-0.2, 0) is 21.4 Å². The highest BCUT2D eigenvalue weighted by Gasteiger charge is 2.38. The second-order valence-electron chi connectivity index (χ2n) is 5.74. The van der Waals surface area contributed by atoms with Crippen molar-refractivity contribution in [3.63, 3.8) is 0 Å². The third-order valence-corrected chi connectivity index (χ3v) is 5.49. The molecule has 1 saturated heterocycles. The van der Waals surface area contributed by atoms with Gasteiger partial charge in [0.1, 0.15) is 0 Å². The summed E-state index contributed by atoms with van der Waals surface area (Å²) in [6.45, 7) is 3.33. The predicted octanol–water partition coefficient (Wildman–Crippen LogP) is 0.996. The summed E-state index contributed by atoms with van der Waals surface area (Å²) >= 11 is 0. The third-order valence-electron chi connectivity index (χ3n) is 4.13. The second kappa shape index (κ2) is 6.76. The fourth-order valence-electron chi connectivity index (χ4n) is 3.05. The standard InChI is InChI=1S/C15H22N2O4S/c1-12-14(10-15(18)19)16(8-9-17(12)22(2,20)21)11-13-6-4-3-5-7-13/h3-7,12,14H,8-11H2,1-2H3,(H,18,19). The van der Waals surface area contributed by atoms with Crippen LogP contribution in [0.2, 0.25) is 0 Å². The van der Waals surface area contributed by atoms with E-state index in [1.807, 2.05) is 30.3 Å². The Morgan fingerprint density at radius 2 is 1.91 bits per heavy atom. The zero-order valence-corrected chi connectivity index (χ0v) is 13.7. The van der Waals surface area contributed by atoms with E-state index in [1.54, 1.807) is 6.92 Å². The van der Waals surface area contributed by atoms with E-state index in [4.69, 9.17) is 5.11 Å². The largest absolute Gasteiger partial charge is 0.481 e. The maximum Gasteiger partial charge on any atom is 0.304 e. The van der Waals surface area contributed by atoms with Crippen molar-refractivity contribution in [2.24, 2.45) is 0 Å². The van der Waals surface area contributed by atoms with Gasteiger partial charge in [-0.15, -0.1) is 0 Å². The summed E-state index contributed by atoms with van der Waals surface area (Å²) in [5.41, 5.74) is 1.10. The molecule has 1 aromatic carbocycles. The van der Waals surface area contributed by atoms with Gasteiger partial charge in [-0.05, 0) is 12.5 Å². The number of carbonyl (C=O) groups is 1. The Morgan fingerprint density at radius 3 is 2.45 bits per heavy atom. The van der Waals surface area contributed by atoms with E-state index in [9.17, 15) is 13.2 Å². The summed E-state index contributed by atoms with van der Waals surface area (Å²) in [5.74, 6) is -0.912. The molecule has 1 aromatic rings. The Balaban J connectivity index is 2.21. The number of aliphatic carboxylic acids is 1. The molecule has 6 nitrogen and oxygen atoms in total. The van der Waals surface area contributed by atoms with Gasteiger partial charge in [0, 0.05) is 31.7 Å². The van der Waals surface area contributed by atoms with E-state index in [0.717, 1.165) is 5.56 Å². The number of rotatable bonds is 5. The summed E-state index contributed by atoms with van der Waals surface area (Å²) in [4.78, 5) is 13.2. The summed E-state index contributed by atoms with van der Waals surface area (Å²) in [6, 6.07) is 9.11. The van der Waals surface area contributed by atoms with Crippen LogP contribution >= 0.6 is 0 Å². The number of carboxylic acid groups (broad SMARTS) is 1. The highest BCUT2D eigenvalue weighted by molar-refractivity contribution is 7.88. The highest BCUT2D eigenvalue weighted by Crippen LogP contribution is 2.24. The van der Waals surface area contributed by atoms with Crippen LogP contribution < -0.4 is 0 Å². The molecule has 0 radical (unpaired) electrons. The minimum absolute atomic E-state index is 0.0694. The van der Waals surface area contributed by atoms with Gasteiger partial charge in [-0.25, -0.2) is 8.42 Å². The molecule has 0 bridgehead atoms. The van der Waals surface area contributed by atoms with Crippen LogP contribution in [0.5, 0.6) is 0 Å². The van der Waals surface area contributed by atoms with Crippen molar-refractivity contribution in [2.45, 2.75) is 32.0 Å². The first-order chi connectivity index (χ1) is 10.3. The van der Waals surface area contributed by atoms with Crippen LogP contribution in [-0.4, -0.2) is 60.1 Å². The topological polar surface area (TPSA) is 77.9 Å². The minimum Gasteiger partial charge on any atom is -0.481 e. The van der Waals surface area contributed by atoms with Gasteiger partial charge >= 0.3 is 5.97 Å². The quantitative estimate of drug-likeness (QED) is 0.873. The normalized spacial score (nSPS) is 24.3. The summed E-state index contributed by atoms with van der Waals surface area (Å²) in [6.07, 6.45) is 1.11. The molecule has 0 aliphatic carbocycles. The van der Waals surface area contributed by atoms with Crippen molar-refractivity contribution < 1.29 is 18.3 Å². The van der Waals surface area contributed by atoms with Crippen molar-refractivity contribution in [3.05, 3.63) is 35.9 Å². The Morgan fingerprint density at radius 1 is 1.27 bits per heavy atom. The van der Waals surface area contributed by atoms with E-state index in [2.05, 4.69) is 4.90 Å². The lowest BCUT2D eigenvalue weighted by molar-refractivity contribution is -0.139. The number of nitrogens with zero attached hydrogens (tertiary/aromatic N) is 2. The number of benzene rings is 1. The van der Waals surface area contributed by atoms with Gasteiger partial charge in [0.05, 0.1) is 12.7 Å². The van der Waals surface area contributed by atoms with Gasteiger partial charge < -0.3 is 5.11 Å². The SMILES string of the molecule is CC1C(CC(=O)O)N(Cc2ccccc2)CCN1S(C)(=O)=O. The van der Waals surface area contributed by atoms with Crippen LogP contribution in [0.4, 0.5) is 0 Å². The molecule has 1 aliphatic heterocycles. The lowest BCUT2D eigenvalue weighted by Crippen LogP contribution is -2.59. The Hall–Kier alpha value is -1.44. The molecule has 22 heavy (non-hydrogen) atoms. The molecule has 122 valence electrons. The first kappa shape index (κ1) is 16.9. The van der Waals surface area contributed by atoms with Crippen molar-refractivity contribution >= 4 is 16.0 Å². The van der Waals surface area contributed by atoms with Crippen LogP contribution in [0.1, 0.15) is 18.9 Å². The van der Waals surface area contributed by atoms with Crippen molar-refractivity contribution in [3.8, 4) is 0 Å². The molecule has 0 aromatic heterocycles. The molecule has 7 heteroatoms. The fraction of sp³-hybridized carbons (Fsp3) is 0.533. The molecule has 1 heterocycles. The Kier molecular flexibility index (Phi) is 5.20. The summed E-state index contributed by atoms with van der Waals surface area (Å²) in [7, 11) is -3.33. The molecule has 2 atom stereocenters. The molecular weight excluding hydrogens is 304 g/mol. The summed E-state index contributed by atoms with van der Waals surface area (Å²) in [5, 5.41) is 9.16. The number of hydrogen-bond donors (Lipinski definition) is 1. The van der Waals surface area contributed by atoms with E-state index < -0.39 is 16.0 Å². The van der Waals surface area contributed by atoms with E-state index >= 15 is 0 Å². The molecule has 1 fully saturated rings. The molecule has 0 spiro atoms. The Bertz CT molecular complexity index is 618. The number of piperazine rings is 1.